The molecule has 2 aliphatic rings. The number of benzene rings is 5. The molecule has 348 valence electrons. The molecule has 0 spiro atoms. The zero-order valence-corrected chi connectivity index (χ0v) is 39.9. The van der Waals surface area contributed by atoms with Crippen LogP contribution >= 0.6 is 0 Å². The molecule has 0 unspecified atom stereocenters. The van der Waals surface area contributed by atoms with E-state index in [0.717, 1.165) is 67.0 Å². The summed E-state index contributed by atoms with van der Waals surface area (Å²) >= 11 is 0. The van der Waals surface area contributed by atoms with Gasteiger partial charge in [-0.15, -0.1) is 10.2 Å². The van der Waals surface area contributed by atoms with Crippen LogP contribution in [0.3, 0.4) is 0 Å². The maximum atomic E-state index is 16.2. The maximum absolute atomic E-state index is 16.2. The number of nitrogens with zero attached hydrogens (tertiary/aromatic N) is 7. The van der Waals surface area contributed by atoms with E-state index in [-0.39, 0.29) is 41.9 Å². The topological polar surface area (TPSA) is 135 Å². The SMILES string of the molecule is COc1ccc(CN(Cc2ccc(OC)cc2)S(=O)(=O)c2c(CC3CCN(CCO)CC3)ccc(-c3ccc(C4CN(C(C)(C)C)C4)cc3)c2-c2nnn(Cc3ccc(OC)cc3)n2)cc1. The number of tetrazole rings is 1. The van der Waals surface area contributed by atoms with Gasteiger partial charge in [-0.05, 0) is 140 Å². The van der Waals surface area contributed by atoms with Crippen LogP contribution in [-0.4, -0.2) is 114 Å². The molecule has 66 heavy (non-hydrogen) atoms. The summed E-state index contributed by atoms with van der Waals surface area (Å²) in [6.07, 6.45) is 2.30. The van der Waals surface area contributed by atoms with Gasteiger partial charge in [0.2, 0.25) is 15.8 Å². The smallest absolute Gasteiger partial charge is 0.244 e. The maximum Gasteiger partial charge on any atom is 0.244 e. The van der Waals surface area contributed by atoms with Gasteiger partial charge in [-0.2, -0.15) is 9.10 Å². The van der Waals surface area contributed by atoms with Crippen molar-refractivity contribution >= 4 is 10.0 Å². The normalized spacial score (nSPS) is 15.5. The van der Waals surface area contributed by atoms with Gasteiger partial charge < -0.3 is 24.2 Å². The number of ether oxygens (including phenoxy) is 3. The Balaban J connectivity index is 1.28. The first-order chi connectivity index (χ1) is 31.8. The highest BCUT2D eigenvalue weighted by Crippen LogP contribution is 2.42. The van der Waals surface area contributed by atoms with Crippen LogP contribution in [0.1, 0.15) is 67.3 Å². The average Bonchev–Trinajstić information content (AvgIpc) is 3.77. The number of aliphatic hydroxyl groups excluding tert-OH is 1. The van der Waals surface area contributed by atoms with Crippen LogP contribution in [0, 0.1) is 5.92 Å². The summed E-state index contributed by atoms with van der Waals surface area (Å²) in [5.41, 5.74) is 6.64. The van der Waals surface area contributed by atoms with Crippen molar-refractivity contribution in [1.82, 2.24) is 34.3 Å². The summed E-state index contributed by atoms with van der Waals surface area (Å²) < 4.78 is 50.2. The van der Waals surface area contributed by atoms with E-state index in [2.05, 4.69) is 60.0 Å². The van der Waals surface area contributed by atoms with Crippen molar-refractivity contribution in [3.63, 3.8) is 0 Å². The monoisotopic (exact) mass is 913 g/mol. The molecule has 0 bridgehead atoms. The second-order valence-electron chi connectivity index (χ2n) is 18.5. The molecule has 2 aliphatic heterocycles. The van der Waals surface area contributed by atoms with Crippen molar-refractivity contribution in [3.8, 4) is 39.8 Å². The molecule has 0 radical (unpaired) electrons. The number of piperidine rings is 1. The molecule has 1 aromatic heterocycles. The standard InChI is InChI=1S/C52H63N7O6S/c1-52(2,3)57-35-44(36-57)41-13-15-42(16-14-41)48-24-17-43(31-37-25-27-56(28-26-37)29-30-60)50(49(48)51-53-55-59(54-51)34-40-11-22-47(65-6)23-12-40)66(61,62)58(32-38-7-18-45(63-4)19-8-38)33-39-9-20-46(64-5)21-10-39/h7-24,37,44,60H,25-36H2,1-6H3. The summed E-state index contributed by atoms with van der Waals surface area (Å²) in [6, 6.07) is 35.4. The van der Waals surface area contributed by atoms with Crippen LogP contribution in [0.4, 0.5) is 0 Å². The second-order valence-corrected chi connectivity index (χ2v) is 20.4. The molecular formula is C52H63N7O6S. The number of β-amino-alcohol motifs (C(OH)–C–C–N with tert-alkyl or cyclic N) is 1. The van der Waals surface area contributed by atoms with Crippen LogP contribution in [0.25, 0.3) is 22.5 Å². The second kappa shape index (κ2) is 20.5. The fourth-order valence-electron chi connectivity index (χ4n) is 9.11. The van der Waals surface area contributed by atoms with Gasteiger partial charge in [0.15, 0.2) is 0 Å². The quantitative estimate of drug-likeness (QED) is 0.0902. The summed E-state index contributed by atoms with van der Waals surface area (Å²) in [5, 5.41) is 23.9. The minimum Gasteiger partial charge on any atom is -0.497 e. The van der Waals surface area contributed by atoms with Crippen LogP contribution in [0.2, 0.25) is 0 Å². The first-order valence-electron chi connectivity index (χ1n) is 22.9. The summed E-state index contributed by atoms with van der Waals surface area (Å²) in [5.74, 6) is 2.98. The summed E-state index contributed by atoms with van der Waals surface area (Å²) in [6.45, 7) is 11.7. The molecule has 0 atom stereocenters. The Morgan fingerprint density at radius 3 is 1.79 bits per heavy atom. The van der Waals surface area contributed by atoms with E-state index in [1.807, 2.05) is 84.9 Å². The lowest BCUT2D eigenvalue weighted by atomic mass is 9.85. The molecule has 5 aromatic carbocycles. The van der Waals surface area contributed by atoms with Gasteiger partial charge in [-0.1, -0.05) is 72.8 Å². The van der Waals surface area contributed by atoms with Gasteiger partial charge in [0.1, 0.15) is 17.2 Å². The van der Waals surface area contributed by atoms with Crippen molar-refractivity contribution in [1.29, 1.82) is 0 Å². The van der Waals surface area contributed by atoms with E-state index in [9.17, 15) is 5.11 Å². The Morgan fingerprint density at radius 2 is 1.27 bits per heavy atom. The predicted octanol–water partition coefficient (Wildman–Crippen LogP) is 7.92. The fraction of sp³-hybridized carbons (Fsp3) is 0.404. The number of sulfonamides is 1. The summed E-state index contributed by atoms with van der Waals surface area (Å²) in [4.78, 5) is 6.47. The lowest BCUT2D eigenvalue weighted by molar-refractivity contribution is 0.0470. The van der Waals surface area contributed by atoms with Crippen molar-refractivity contribution in [2.24, 2.45) is 5.92 Å². The van der Waals surface area contributed by atoms with Gasteiger partial charge in [0.05, 0.1) is 44.9 Å². The van der Waals surface area contributed by atoms with Gasteiger partial charge in [-0.3, -0.25) is 4.90 Å². The highest BCUT2D eigenvalue weighted by Gasteiger charge is 2.37. The molecule has 0 aliphatic carbocycles. The number of hydrogen-bond acceptors (Lipinski definition) is 11. The molecule has 6 aromatic rings. The van der Waals surface area contributed by atoms with Crippen LogP contribution < -0.4 is 14.2 Å². The van der Waals surface area contributed by atoms with Gasteiger partial charge >= 0.3 is 0 Å². The van der Waals surface area contributed by atoms with E-state index >= 15 is 8.42 Å². The van der Waals surface area contributed by atoms with Gasteiger partial charge in [-0.25, -0.2) is 8.42 Å². The molecule has 3 heterocycles. The van der Waals surface area contributed by atoms with Crippen molar-refractivity contribution < 1.29 is 27.7 Å². The highest BCUT2D eigenvalue weighted by molar-refractivity contribution is 7.89. The first kappa shape index (κ1) is 46.9. The van der Waals surface area contributed by atoms with E-state index in [4.69, 9.17) is 24.4 Å². The molecule has 0 amide bonds. The number of aromatic nitrogens is 4. The Hall–Kier alpha value is -5.64. The number of aliphatic hydroxyl groups is 1. The van der Waals surface area contributed by atoms with Crippen LogP contribution in [0.5, 0.6) is 17.2 Å². The zero-order chi connectivity index (χ0) is 46.4. The Labute approximate surface area is 390 Å². The largest absolute Gasteiger partial charge is 0.497 e. The predicted molar refractivity (Wildman–Crippen MR) is 257 cm³/mol. The van der Waals surface area contributed by atoms with Crippen LogP contribution in [0.15, 0.2) is 114 Å². The molecule has 0 saturated carbocycles. The number of hydrogen-bond donors (Lipinski definition) is 1. The number of likely N-dealkylation sites (tertiary alicyclic amines) is 2. The first-order valence-corrected chi connectivity index (χ1v) is 24.3. The Bertz CT molecular complexity index is 2590. The third kappa shape index (κ3) is 10.8. The molecular weight excluding hydrogens is 851 g/mol. The zero-order valence-electron chi connectivity index (χ0n) is 39.1. The van der Waals surface area contributed by atoms with Crippen LogP contribution in [-0.2, 0) is 36.1 Å². The summed E-state index contributed by atoms with van der Waals surface area (Å²) in [7, 11) is 0.523. The lowest BCUT2D eigenvalue weighted by Gasteiger charge is -2.48. The third-order valence-electron chi connectivity index (χ3n) is 13.2. The van der Waals surface area contributed by atoms with E-state index in [1.165, 1.54) is 10.4 Å². The molecule has 2 saturated heterocycles. The van der Waals surface area contributed by atoms with Crippen molar-refractivity contribution in [2.75, 3.05) is 60.7 Å². The fourth-order valence-corrected chi connectivity index (χ4v) is 10.9. The van der Waals surface area contributed by atoms with Crippen molar-refractivity contribution in [3.05, 3.63) is 137 Å². The minimum atomic E-state index is -4.34. The third-order valence-corrected chi connectivity index (χ3v) is 15.1. The molecule has 8 rings (SSSR count). The molecule has 1 N–H and O–H groups in total. The average molecular weight is 914 g/mol. The van der Waals surface area contributed by atoms with Gasteiger partial charge in [0, 0.05) is 44.2 Å². The molecule has 2 fully saturated rings. The number of rotatable bonds is 18. The van der Waals surface area contributed by atoms with E-state index < -0.39 is 10.0 Å². The Kier molecular flexibility index (Phi) is 14.5. The van der Waals surface area contributed by atoms with Gasteiger partial charge in [0.25, 0.3) is 0 Å². The van der Waals surface area contributed by atoms with E-state index in [0.29, 0.717) is 53.6 Å². The highest BCUT2D eigenvalue weighted by atomic mass is 32.2. The minimum absolute atomic E-state index is 0.0975. The van der Waals surface area contributed by atoms with E-state index in [1.54, 1.807) is 25.6 Å². The number of methoxy groups -OCH3 is 3. The Morgan fingerprint density at radius 1 is 0.727 bits per heavy atom. The lowest BCUT2D eigenvalue weighted by Crippen LogP contribution is -2.54. The molecule has 13 nitrogen and oxygen atoms in total. The molecule has 14 heteroatoms. The van der Waals surface area contributed by atoms with Crippen molar-refractivity contribution in [2.45, 2.75) is 76.0 Å².